The molecule has 14 heavy (non-hydrogen) atoms. The first-order valence-electron chi connectivity index (χ1n) is 4.77. The van der Waals surface area contributed by atoms with Crippen molar-refractivity contribution in [3.8, 4) is 0 Å². The van der Waals surface area contributed by atoms with Crippen molar-refractivity contribution < 1.29 is 9.53 Å². The minimum absolute atomic E-state index is 0.0404. The first kappa shape index (κ1) is 9.06. The maximum Gasteiger partial charge on any atom is 0.309 e. The summed E-state index contributed by atoms with van der Waals surface area (Å²) in [7, 11) is 0. The van der Waals surface area contributed by atoms with Crippen LogP contribution in [0.25, 0.3) is 0 Å². The van der Waals surface area contributed by atoms with Crippen LogP contribution in [0.3, 0.4) is 0 Å². The smallest absolute Gasteiger partial charge is 0.309 e. The largest absolute Gasteiger partial charge is 0.465 e. The molecular weight excluding hydrogens is 178 g/mol. The standard InChI is InChI=1S/C11H13NO2/c12-10-3-1-8(2-4-10)7-9-5-6-14-11(9)13/h1-4,9H,5-7,12H2. The molecule has 1 fully saturated rings. The molecule has 0 amide bonds. The Kier molecular flexibility index (Phi) is 2.39. The number of anilines is 1. The van der Waals surface area contributed by atoms with Crippen molar-refractivity contribution in [2.24, 2.45) is 5.92 Å². The Bertz CT molecular complexity index is 332. The molecule has 1 aromatic rings. The van der Waals surface area contributed by atoms with E-state index in [1.165, 1.54) is 0 Å². The lowest BCUT2D eigenvalue weighted by Gasteiger charge is -2.05. The predicted octanol–water partition coefficient (Wildman–Crippen LogP) is 1.37. The number of hydrogen-bond acceptors (Lipinski definition) is 3. The van der Waals surface area contributed by atoms with E-state index in [0.717, 1.165) is 24.1 Å². The Hall–Kier alpha value is -1.51. The molecule has 1 heterocycles. The van der Waals surface area contributed by atoms with E-state index in [-0.39, 0.29) is 11.9 Å². The van der Waals surface area contributed by atoms with E-state index in [9.17, 15) is 4.79 Å². The van der Waals surface area contributed by atoms with Crippen molar-refractivity contribution in [3.05, 3.63) is 29.8 Å². The van der Waals surface area contributed by atoms with Gasteiger partial charge < -0.3 is 10.5 Å². The molecule has 2 N–H and O–H groups in total. The van der Waals surface area contributed by atoms with Gasteiger partial charge in [0.15, 0.2) is 0 Å². The van der Waals surface area contributed by atoms with Gasteiger partial charge in [0.05, 0.1) is 12.5 Å². The number of nitrogen functional groups attached to an aromatic ring is 1. The van der Waals surface area contributed by atoms with Crippen LogP contribution >= 0.6 is 0 Å². The monoisotopic (exact) mass is 191 g/mol. The number of benzene rings is 1. The highest BCUT2D eigenvalue weighted by molar-refractivity contribution is 5.74. The van der Waals surface area contributed by atoms with Crippen LogP contribution in [-0.4, -0.2) is 12.6 Å². The predicted molar refractivity (Wildman–Crippen MR) is 53.6 cm³/mol. The van der Waals surface area contributed by atoms with Gasteiger partial charge in [-0.05, 0) is 30.5 Å². The zero-order valence-corrected chi connectivity index (χ0v) is 7.90. The lowest BCUT2D eigenvalue weighted by molar-refractivity contribution is -0.141. The van der Waals surface area contributed by atoms with Gasteiger partial charge in [-0.25, -0.2) is 0 Å². The summed E-state index contributed by atoms with van der Waals surface area (Å²) in [5.41, 5.74) is 7.46. The summed E-state index contributed by atoms with van der Waals surface area (Å²) in [5, 5.41) is 0. The molecular formula is C11H13NO2. The van der Waals surface area contributed by atoms with Gasteiger partial charge in [0.2, 0.25) is 0 Å². The molecule has 0 radical (unpaired) electrons. The highest BCUT2D eigenvalue weighted by atomic mass is 16.5. The van der Waals surface area contributed by atoms with Gasteiger partial charge in [-0.15, -0.1) is 0 Å². The van der Waals surface area contributed by atoms with Crippen LogP contribution in [0.4, 0.5) is 5.69 Å². The zero-order valence-electron chi connectivity index (χ0n) is 7.90. The topological polar surface area (TPSA) is 52.3 Å². The summed E-state index contributed by atoms with van der Waals surface area (Å²) in [6.45, 7) is 0.568. The minimum Gasteiger partial charge on any atom is -0.465 e. The van der Waals surface area contributed by atoms with Gasteiger partial charge in [0.1, 0.15) is 0 Å². The van der Waals surface area contributed by atoms with Crippen LogP contribution in [0.1, 0.15) is 12.0 Å². The van der Waals surface area contributed by atoms with E-state index in [1.54, 1.807) is 0 Å². The number of nitrogens with two attached hydrogens (primary N) is 1. The second-order valence-electron chi connectivity index (χ2n) is 3.60. The number of carbonyl (C=O) groups excluding carboxylic acids is 1. The first-order valence-corrected chi connectivity index (χ1v) is 4.77. The average molecular weight is 191 g/mol. The van der Waals surface area contributed by atoms with Gasteiger partial charge in [0.25, 0.3) is 0 Å². The zero-order chi connectivity index (χ0) is 9.97. The van der Waals surface area contributed by atoms with Gasteiger partial charge in [-0.1, -0.05) is 12.1 Å². The fourth-order valence-corrected chi connectivity index (χ4v) is 1.66. The number of rotatable bonds is 2. The molecule has 2 rings (SSSR count). The second-order valence-corrected chi connectivity index (χ2v) is 3.60. The quantitative estimate of drug-likeness (QED) is 0.567. The van der Waals surface area contributed by atoms with Crippen molar-refractivity contribution in [1.82, 2.24) is 0 Å². The van der Waals surface area contributed by atoms with Crippen molar-refractivity contribution >= 4 is 11.7 Å². The fourth-order valence-electron chi connectivity index (χ4n) is 1.66. The average Bonchev–Trinajstić information content (AvgIpc) is 2.56. The highest BCUT2D eigenvalue weighted by Gasteiger charge is 2.26. The summed E-state index contributed by atoms with van der Waals surface area (Å²) in [6, 6.07) is 7.63. The van der Waals surface area contributed by atoms with Crippen LogP contribution in [0.5, 0.6) is 0 Å². The summed E-state index contributed by atoms with van der Waals surface area (Å²) >= 11 is 0. The molecule has 1 unspecified atom stereocenters. The third-order valence-corrected chi connectivity index (χ3v) is 2.51. The van der Waals surface area contributed by atoms with Crippen LogP contribution < -0.4 is 5.73 Å². The molecule has 1 atom stereocenters. The summed E-state index contributed by atoms with van der Waals surface area (Å²) in [4.78, 5) is 11.2. The van der Waals surface area contributed by atoms with Gasteiger partial charge in [-0.2, -0.15) is 0 Å². The van der Waals surface area contributed by atoms with Gasteiger partial charge in [-0.3, -0.25) is 4.79 Å². The van der Waals surface area contributed by atoms with Gasteiger partial charge >= 0.3 is 5.97 Å². The summed E-state index contributed by atoms with van der Waals surface area (Å²) in [5.74, 6) is -0.0274. The molecule has 3 heteroatoms. The lowest BCUT2D eigenvalue weighted by Crippen LogP contribution is -2.10. The normalized spacial score (nSPS) is 20.9. The Labute approximate surface area is 82.9 Å². The molecule has 74 valence electrons. The molecule has 0 spiro atoms. The Morgan fingerprint density at radius 3 is 2.64 bits per heavy atom. The van der Waals surface area contributed by atoms with E-state index in [4.69, 9.17) is 10.5 Å². The Morgan fingerprint density at radius 2 is 2.07 bits per heavy atom. The van der Waals surface area contributed by atoms with Crippen LogP contribution in [0, 0.1) is 5.92 Å². The highest BCUT2D eigenvalue weighted by Crippen LogP contribution is 2.20. The molecule has 1 aliphatic rings. The van der Waals surface area contributed by atoms with Crippen molar-refractivity contribution in [3.63, 3.8) is 0 Å². The Balaban J connectivity index is 2.03. The molecule has 3 nitrogen and oxygen atoms in total. The van der Waals surface area contributed by atoms with E-state index in [2.05, 4.69) is 0 Å². The van der Waals surface area contributed by atoms with E-state index >= 15 is 0 Å². The fraction of sp³-hybridized carbons (Fsp3) is 0.364. The van der Waals surface area contributed by atoms with E-state index in [0.29, 0.717) is 6.61 Å². The number of ether oxygens (including phenoxy) is 1. The van der Waals surface area contributed by atoms with Crippen molar-refractivity contribution in [1.29, 1.82) is 0 Å². The lowest BCUT2D eigenvalue weighted by atomic mass is 9.98. The van der Waals surface area contributed by atoms with E-state index in [1.807, 2.05) is 24.3 Å². The van der Waals surface area contributed by atoms with Crippen LogP contribution in [0.15, 0.2) is 24.3 Å². The molecule has 0 saturated carbocycles. The molecule has 0 aromatic heterocycles. The SMILES string of the molecule is Nc1ccc(CC2CCOC2=O)cc1. The molecule has 1 saturated heterocycles. The number of cyclic esters (lactones) is 1. The molecule has 0 aliphatic carbocycles. The van der Waals surface area contributed by atoms with Gasteiger partial charge in [0, 0.05) is 5.69 Å². The molecule has 1 aromatic carbocycles. The maximum absolute atomic E-state index is 11.2. The minimum atomic E-state index is -0.0678. The number of hydrogen-bond donors (Lipinski definition) is 1. The second kappa shape index (κ2) is 3.70. The number of carbonyl (C=O) groups is 1. The summed E-state index contributed by atoms with van der Waals surface area (Å²) in [6.07, 6.45) is 1.60. The summed E-state index contributed by atoms with van der Waals surface area (Å²) < 4.78 is 4.90. The molecule has 0 bridgehead atoms. The maximum atomic E-state index is 11.2. The third kappa shape index (κ3) is 1.87. The first-order chi connectivity index (χ1) is 6.75. The number of esters is 1. The van der Waals surface area contributed by atoms with Crippen molar-refractivity contribution in [2.75, 3.05) is 12.3 Å². The van der Waals surface area contributed by atoms with Crippen LogP contribution in [0.2, 0.25) is 0 Å². The Morgan fingerprint density at radius 1 is 1.36 bits per heavy atom. The van der Waals surface area contributed by atoms with E-state index < -0.39 is 0 Å². The molecule has 1 aliphatic heterocycles. The third-order valence-electron chi connectivity index (χ3n) is 2.51. The van der Waals surface area contributed by atoms with Crippen LogP contribution in [-0.2, 0) is 16.0 Å². The van der Waals surface area contributed by atoms with Crippen molar-refractivity contribution in [2.45, 2.75) is 12.8 Å².